The highest BCUT2D eigenvalue weighted by Crippen LogP contribution is 2.22. The normalized spacial score (nSPS) is 13.4. The van der Waals surface area contributed by atoms with Crippen molar-refractivity contribution >= 4 is 29.5 Å². The van der Waals surface area contributed by atoms with E-state index >= 15 is 0 Å². The lowest BCUT2D eigenvalue weighted by molar-refractivity contribution is -0.118. The van der Waals surface area contributed by atoms with Gasteiger partial charge in [0.15, 0.2) is 0 Å². The van der Waals surface area contributed by atoms with Crippen LogP contribution in [0.3, 0.4) is 0 Å². The maximum Gasteiger partial charge on any atom is 0.261 e. The van der Waals surface area contributed by atoms with E-state index in [0.29, 0.717) is 35.7 Å². The van der Waals surface area contributed by atoms with Crippen LogP contribution in [0.25, 0.3) is 0 Å². The van der Waals surface area contributed by atoms with Crippen molar-refractivity contribution in [3.63, 3.8) is 0 Å². The first-order valence-corrected chi connectivity index (χ1v) is 8.60. The molecule has 0 saturated carbocycles. The molecule has 2 rings (SSSR count). The van der Waals surface area contributed by atoms with Gasteiger partial charge in [-0.15, -0.1) is 0 Å². The molecule has 5 nitrogen and oxygen atoms in total. The van der Waals surface area contributed by atoms with Crippen LogP contribution in [-0.2, 0) is 4.79 Å². The summed E-state index contributed by atoms with van der Waals surface area (Å²) >= 11 is 1.43. The second kappa shape index (κ2) is 7.98. The fourth-order valence-corrected chi connectivity index (χ4v) is 2.96. The summed E-state index contributed by atoms with van der Waals surface area (Å²) in [6, 6.07) is 6.85. The van der Waals surface area contributed by atoms with Crippen molar-refractivity contribution in [1.82, 2.24) is 10.2 Å². The van der Waals surface area contributed by atoms with Crippen molar-refractivity contribution in [2.24, 2.45) is 0 Å². The number of rotatable bonds is 8. The van der Waals surface area contributed by atoms with Gasteiger partial charge in [0, 0.05) is 18.8 Å². The summed E-state index contributed by atoms with van der Waals surface area (Å²) in [5, 5.41) is 2.84. The molecule has 1 aromatic carbocycles. The smallest absolute Gasteiger partial charge is 0.261 e. The van der Waals surface area contributed by atoms with E-state index in [4.69, 9.17) is 0 Å². The molecule has 1 aromatic rings. The van der Waals surface area contributed by atoms with E-state index in [1.807, 2.05) is 0 Å². The van der Waals surface area contributed by atoms with Crippen LogP contribution in [0.1, 0.15) is 40.5 Å². The van der Waals surface area contributed by atoms with Crippen molar-refractivity contribution in [2.45, 2.75) is 19.8 Å². The first-order valence-electron chi connectivity index (χ1n) is 7.44. The summed E-state index contributed by atoms with van der Waals surface area (Å²) in [6.07, 6.45) is 2.03. The minimum atomic E-state index is -0.242. The number of hydrogen-bond acceptors (Lipinski definition) is 4. The molecule has 0 bridgehead atoms. The minimum Gasteiger partial charge on any atom is -0.355 e. The van der Waals surface area contributed by atoms with E-state index in [2.05, 4.69) is 12.2 Å². The van der Waals surface area contributed by atoms with Crippen molar-refractivity contribution < 1.29 is 14.4 Å². The molecule has 0 radical (unpaired) electrons. The quantitative estimate of drug-likeness (QED) is 0.587. The summed E-state index contributed by atoms with van der Waals surface area (Å²) < 4.78 is 0. The highest BCUT2D eigenvalue weighted by Gasteiger charge is 2.34. The molecule has 3 amide bonds. The molecular formula is C16H20N2O3S. The molecule has 1 N–H and O–H groups in total. The van der Waals surface area contributed by atoms with Gasteiger partial charge in [-0.25, -0.2) is 0 Å². The number of nitrogens with one attached hydrogen (secondary N) is 1. The summed E-state index contributed by atoms with van der Waals surface area (Å²) in [6.45, 7) is 3.11. The predicted molar refractivity (Wildman–Crippen MR) is 87.1 cm³/mol. The monoisotopic (exact) mass is 320 g/mol. The van der Waals surface area contributed by atoms with Gasteiger partial charge in [-0.1, -0.05) is 25.5 Å². The van der Waals surface area contributed by atoms with Crippen LogP contribution in [0.2, 0.25) is 0 Å². The topological polar surface area (TPSA) is 66.5 Å². The molecule has 1 heterocycles. The predicted octanol–water partition coefficient (Wildman–Crippen LogP) is 1.93. The highest BCUT2D eigenvalue weighted by molar-refractivity contribution is 7.99. The van der Waals surface area contributed by atoms with Crippen LogP contribution < -0.4 is 5.32 Å². The standard InChI is InChI=1S/C16H20N2O3S/c1-2-3-8-17-14(19)11-22-10-9-18-15(20)12-6-4-5-7-13(12)16(18)21/h4-7H,2-3,8-11H2,1H3,(H,17,19). The molecule has 0 unspecified atom stereocenters. The Hall–Kier alpha value is -1.82. The van der Waals surface area contributed by atoms with Crippen LogP contribution in [0.4, 0.5) is 0 Å². The Morgan fingerprint density at radius 3 is 2.41 bits per heavy atom. The lowest BCUT2D eigenvalue weighted by Gasteiger charge is -2.13. The van der Waals surface area contributed by atoms with E-state index in [1.54, 1.807) is 24.3 Å². The number of fused-ring (bicyclic) bond motifs is 1. The van der Waals surface area contributed by atoms with Gasteiger partial charge in [-0.3, -0.25) is 19.3 Å². The Bertz CT molecular complexity index is 539. The van der Waals surface area contributed by atoms with Gasteiger partial charge in [-0.2, -0.15) is 11.8 Å². The van der Waals surface area contributed by atoms with Crippen LogP contribution in [0.5, 0.6) is 0 Å². The van der Waals surface area contributed by atoms with Crippen molar-refractivity contribution in [3.05, 3.63) is 35.4 Å². The number of carbonyl (C=O) groups excluding carboxylic acids is 3. The Morgan fingerprint density at radius 1 is 1.18 bits per heavy atom. The molecule has 0 saturated heterocycles. The molecule has 22 heavy (non-hydrogen) atoms. The number of unbranched alkanes of at least 4 members (excludes halogenated alkanes) is 1. The summed E-state index contributed by atoms with van der Waals surface area (Å²) in [5.41, 5.74) is 0.935. The fraction of sp³-hybridized carbons (Fsp3) is 0.438. The van der Waals surface area contributed by atoms with Gasteiger partial charge in [0.25, 0.3) is 11.8 Å². The number of amides is 3. The van der Waals surface area contributed by atoms with E-state index in [-0.39, 0.29) is 17.7 Å². The Kier molecular flexibility index (Phi) is 6.00. The van der Waals surface area contributed by atoms with E-state index in [9.17, 15) is 14.4 Å². The van der Waals surface area contributed by atoms with Crippen LogP contribution >= 0.6 is 11.8 Å². The van der Waals surface area contributed by atoms with Gasteiger partial charge in [-0.05, 0) is 18.6 Å². The zero-order valence-electron chi connectivity index (χ0n) is 12.6. The number of nitrogens with zero attached hydrogens (tertiary/aromatic N) is 1. The number of carbonyl (C=O) groups is 3. The van der Waals surface area contributed by atoms with E-state index in [0.717, 1.165) is 12.8 Å². The Labute approximate surface area is 134 Å². The molecule has 0 fully saturated rings. The molecule has 1 aliphatic rings. The van der Waals surface area contributed by atoms with Gasteiger partial charge < -0.3 is 5.32 Å². The zero-order chi connectivity index (χ0) is 15.9. The van der Waals surface area contributed by atoms with E-state index < -0.39 is 0 Å². The molecule has 118 valence electrons. The summed E-state index contributed by atoms with van der Waals surface area (Å²) in [7, 11) is 0. The Morgan fingerprint density at radius 2 is 1.82 bits per heavy atom. The van der Waals surface area contributed by atoms with Crippen molar-refractivity contribution in [2.75, 3.05) is 24.6 Å². The third-order valence-electron chi connectivity index (χ3n) is 3.42. The number of thioether (sulfide) groups is 1. The van der Waals surface area contributed by atoms with Gasteiger partial charge in [0.1, 0.15) is 0 Å². The molecule has 1 aliphatic heterocycles. The molecule has 0 aromatic heterocycles. The van der Waals surface area contributed by atoms with Crippen molar-refractivity contribution in [1.29, 1.82) is 0 Å². The van der Waals surface area contributed by atoms with Crippen LogP contribution in [-0.4, -0.2) is 47.2 Å². The average molecular weight is 320 g/mol. The number of benzene rings is 1. The minimum absolute atomic E-state index is 0.000751. The SMILES string of the molecule is CCCCNC(=O)CSCCN1C(=O)c2ccccc2C1=O. The van der Waals surface area contributed by atoms with Crippen LogP contribution in [0, 0.1) is 0 Å². The largest absolute Gasteiger partial charge is 0.355 e. The van der Waals surface area contributed by atoms with Crippen LogP contribution in [0.15, 0.2) is 24.3 Å². The third kappa shape index (κ3) is 3.88. The van der Waals surface area contributed by atoms with Gasteiger partial charge in [0.2, 0.25) is 5.91 Å². The third-order valence-corrected chi connectivity index (χ3v) is 4.36. The Balaban J connectivity index is 1.74. The lowest BCUT2D eigenvalue weighted by atomic mass is 10.1. The summed E-state index contributed by atoms with van der Waals surface area (Å²) in [4.78, 5) is 37.1. The maximum atomic E-state index is 12.1. The van der Waals surface area contributed by atoms with E-state index in [1.165, 1.54) is 16.7 Å². The number of imide groups is 1. The first-order chi connectivity index (χ1) is 10.6. The van der Waals surface area contributed by atoms with Crippen molar-refractivity contribution in [3.8, 4) is 0 Å². The molecule has 6 heteroatoms. The maximum absolute atomic E-state index is 12.1. The average Bonchev–Trinajstić information content (AvgIpc) is 2.77. The summed E-state index contributed by atoms with van der Waals surface area (Å²) in [5.74, 6) is 0.433. The lowest BCUT2D eigenvalue weighted by Crippen LogP contribution is -2.32. The molecular weight excluding hydrogens is 300 g/mol. The van der Waals surface area contributed by atoms with Gasteiger partial charge >= 0.3 is 0 Å². The molecule has 0 aliphatic carbocycles. The second-order valence-electron chi connectivity index (χ2n) is 5.06. The first kappa shape index (κ1) is 16.5. The molecule has 0 atom stereocenters. The zero-order valence-corrected chi connectivity index (χ0v) is 13.4. The highest BCUT2D eigenvalue weighted by atomic mass is 32.2. The molecule has 0 spiro atoms. The number of hydrogen-bond donors (Lipinski definition) is 1. The second-order valence-corrected chi connectivity index (χ2v) is 6.17. The van der Waals surface area contributed by atoms with Gasteiger partial charge in [0.05, 0.1) is 16.9 Å². The fourth-order valence-electron chi connectivity index (χ4n) is 2.22.